The fourth-order valence-electron chi connectivity index (χ4n) is 0.806. The van der Waals surface area contributed by atoms with E-state index in [9.17, 15) is 4.79 Å². The van der Waals surface area contributed by atoms with E-state index in [0.29, 0.717) is 6.42 Å². The monoisotopic (exact) mass is 182 g/mol. The first-order valence-corrected chi connectivity index (χ1v) is 3.58. The van der Waals surface area contributed by atoms with Gasteiger partial charge in [0.1, 0.15) is 4.33 Å². The van der Waals surface area contributed by atoms with Gasteiger partial charge in [0.05, 0.1) is 5.41 Å². The van der Waals surface area contributed by atoms with Crippen LogP contribution in [0, 0.1) is 5.41 Å². The summed E-state index contributed by atoms with van der Waals surface area (Å²) in [5.74, 6) is 4.59. The van der Waals surface area contributed by atoms with Crippen LogP contribution in [0.1, 0.15) is 13.3 Å². The summed E-state index contributed by atoms with van der Waals surface area (Å²) >= 11 is 11.3. The number of carbonyl (C=O) groups excluding carboxylic acids is 1. The number of carbonyl (C=O) groups is 1. The van der Waals surface area contributed by atoms with Crippen LogP contribution in [-0.4, -0.2) is 10.2 Å². The highest BCUT2D eigenvalue weighted by molar-refractivity contribution is 6.53. The zero-order valence-corrected chi connectivity index (χ0v) is 6.96. The molecule has 1 aliphatic carbocycles. The van der Waals surface area contributed by atoms with Crippen LogP contribution in [0.25, 0.3) is 0 Å². The first kappa shape index (κ1) is 8.11. The van der Waals surface area contributed by atoms with Crippen molar-refractivity contribution in [2.45, 2.75) is 17.7 Å². The molecule has 1 amide bonds. The lowest BCUT2D eigenvalue weighted by molar-refractivity contribution is -0.125. The minimum Gasteiger partial charge on any atom is -0.294 e. The van der Waals surface area contributed by atoms with Crippen LogP contribution in [0.2, 0.25) is 0 Å². The maximum Gasteiger partial charge on any atom is 0.242 e. The van der Waals surface area contributed by atoms with Crippen molar-refractivity contribution >= 4 is 29.1 Å². The van der Waals surface area contributed by atoms with Gasteiger partial charge in [0, 0.05) is 0 Å². The van der Waals surface area contributed by atoms with Gasteiger partial charge in [0.2, 0.25) is 5.91 Å². The number of nitrogens with one attached hydrogen (secondary N) is 1. The summed E-state index contributed by atoms with van der Waals surface area (Å²) in [6.07, 6.45) is 0.464. The Kier molecular flexibility index (Phi) is 1.62. The Balaban J connectivity index is 2.68. The lowest BCUT2D eigenvalue weighted by atomic mass is 10.1. The molecule has 0 spiro atoms. The molecule has 3 nitrogen and oxygen atoms in total. The maximum atomic E-state index is 10.9. The van der Waals surface area contributed by atoms with Crippen molar-refractivity contribution in [2.75, 3.05) is 0 Å². The average molecular weight is 183 g/mol. The SMILES string of the molecule is C[C@]1(C(=O)NN)CC1(Cl)Cl. The van der Waals surface area contributed by atoms with E-state index in [1.165, 1.54) is 0 Å². The topological polar surface area (TPSA) is 55.1 Å². The quantitative estimate of drug-likeness (QED) is 0.270. The molecule has 1 rings (SSSR count). The van der Waals surface area contributed by atoms with Crippen molar-refractivity contribution in [1.29, 1.82) is 0 Å². The van der Waals surface area contributed by atoms with E-state index >= 15 is 0 Å². The molecule has 5 heteroatoms. The second-order valence-corrected chi connectivity index (χ2v) is 4.17. The van der Waals surface area contributed by atoms with E-state index in [-0.39, 0.29) is 5.91 Å². The minimum absolute atomic E-state index is 0.308. The van der Waals surface area contributed by atoms with Gasteiger partial charge in [0.15, 0.2) is 0 Å². The van der Waals surface area contributed by atoms with Crippen molar-refractivity contribution in [3.05, 3.63) is 0 Å². The van der Waals surface area contributed by atoms with Crippen LogP contribution in [0.4, 0.5) is 0 Å². The Morgan fingerprint density at radius 3 is 2.20 bits per heavy atom. The zero-order chi connectivity index (χ0) is 7.99. The molecule has 1 aliphatic rings. The summed E-state index contributed by atoms with van der Waals surface area (Å²) in [7, 11) is 0. The van der Waals surface area contributed by atoms with Crippen LogP contribution >= 0.6 is 23.2 Å². The second-order valence-electron chi connectivity index (χ2n) is 2.69. The summed E-state index contributed by atoms with van der Waals surface area (Å²) in [6.45, 7) is 1.68. The lowest BCUT2D eigenvalue weighted by Crippen LogP contribution is -2.37. The van der Waals surface area contributed by atoms with Gasteiger partial charge in [-0.15, -0.1) is 23.2 Å². The number of alkyl halides is 2. The third kappa shape index (κ3) is 0.892. The maximum absolute atomic E-state index is 10.9. The van der Waals surface area contributed by atoms with Crippen molar-refractivity contribution in [3.8, 4) is 0 Å². The molecule has 1 saturated carbocycles. The Labute approximate surface area is 68.8 Å². The van der Waals surface area contributed by atoms with Crippen LogP contribution in [-0.2, 0) is 4.79 Å². The van der Waals surface area contributed by atoms with Crippen molar-refractivity contribution < 1.29 is 4.79 Å². The molecule has 58 valence electrons. The van der Waals surface area contributed by atoms with Gasteiger partial charge >= 0.3 is 0 Å². The molecule has 1 fully saturated rings. The Morgan fingerprint density at radius 1 is 1.70 bits per heavy atom. The van der Waals surface area contributed by atoms with Crippen LogP contribution in [0.5, 0.6) is 0 Å². The number of hydrogen-bond donors (Lipinski definition) is 2. The van der Waals surface area contributed by atoms with Crippen molar-refractivity contribution in [3.63, 3.8) is 0 Å². The highest BCUT2D eigenvalue weighted by atomic mass is 35.5. The smallest absolute Gasteiger partial charge is 0.242 e. The van der Waals surface area contributed by atoms with Gasteiger partial charge in [-0.2, -0.15) is 0 Å². The number of rotatable bonds is 1. The predicted octanol–water partition coefficient (Wildman–Crippen LogP) is 0.560. The third-order valence-electron chi connectivity index (χ3n) is 1.89. The van der Waals surface area contributed by atoms with Gasteiger partial charge < -0.3 is 0 Å². The van der Waals surface area contributed by atoms with Crippen LogP contribution in [0.15, 0.2) is 0 Å². The highest BCUT2D eigenvalue weighted by Gasteiger charge is 2.67. The van der Waals surface area contributed by atoms with Crippen LogP contribution < -0.4 is 11.3 Å². The largest absolute Gasteiger partial charge is 0.294 e. The molecule has 0 aromatic rings. The van der Waals surface area contributed by atoms with Crippen molar-refractivity contribution in [2.24, 2.45) is 11.3 Å². The summed E-state index contributed by atoms with van der Waals surface area (Å²) in [4.78, 5) is 10.9. The second kappa shape index (κ2) is 2.00. The standard InChI is InChI=1S/C5H8Cl2N2O/c1-4(3(10)9-8)2-5(4,6)7/h2,8H2,1H3,(H,9,10)/t4-/m1/s1. The average Bonchev–Trinajstić information content (AvgIpc) is 2.32. The summed E-state index contributed by atoms with van der Waals surface area (Å²) in [5, 5.41) is 0. The predicted molar refractivity (Wildman–Crippen MR) is 39.5 cm³/mol. The highest BCUT2D eigenvalue weighted by Crippen LogP contribution is 2.63. The molecule has 10 heavy (non-hydrogen) atoms. The van der Waals surface area contributed by atoms with Gasteiger partial charge in [-0.1, -0.05) is 0 Å². The molecule has 0 unspecified atom stereocenters. The van der Waals surface area contributed by atoms with E-state index in [4.69, 9.17) is 29.0 Å². The van der Waals surface area contributed by atoms with E-state index in [0.717, 1.165) is 0 Å². The number of amides is 1. The third-order valence-corrected chi connectivity index (χ3v) is 2.99. The lowest BCUT2D eigenvalue weighted by Gasteiger charge is -2.08. The van der Waals surface area contributed by atoms with E-state index < -0.39 is 9.75 Å². The van der Waals surface area contributed by atoms with Gasteiger partial charge in [-0.25, -0.2) is 5.84 Å². The van der Waals surface area contributed by atoms with Gasteiger partial charge in [-0.3, -0.25) is 10.2 Å². The van der Waals surface area contributed by atoms with E-state index in [2.05, 4.69) is 0 Å². The number of hydrogen-bond acceptors (Lipinski definition) is 2. The van der Waals surface area contributed by atoms with Gasteiger partial charge in [-0.05, 0) is 13.3 Å². The van der Waals surface area contributed by atoms with E-state index in [1.807, 2.05) is 5.43 Å². The molecule has 0 heterocycles. The summed E-state index contributed by atoms with van der Waals surface area (Å²) < 4.78 is -0.920. The Hall–Kier alpha value is 0.01000. The van der Waals surface area contributed by atoms with Gasteiger partial charge in [0.25, 0.3) is 0 Å². The summed E-state index contributed by atoms with van der Waals surface area (Å²) in [6, 6.07) is 0. The van der Waals surface area contributed by atoms with Crippen LogP contribution in [0.3, 0.4) is 0 Å². The van der Waals surface area contributed by atoms with E-state index in [1.54, 1.807) is 6.92 Å². The molecular formula is C5H8Cl2N2O. The first-order valence-electron chi connectivity index (χ1n) is 2.83. The Bertz CT molecular complexity index is 182. The molecular weight excluding hydrogens is 175 g/mol. The summed E-state index contributed by atoms with van der Waals surface area (Å²) in [5.41, 5.74) is 1.33. The minimum atomic E-state index is -0.920. The molecule has 0 aliphatic heterocycles. The zero-order valence-electron chi connectivity index (χ0n) is 5.45. The molecule has 3 N–H and O–H groups in total. The fraction of sp³-hybridized carbons (Fsp3) is 0.800. The molecule has 1 atom stereocenters. The number of hydrazine groups is 1. The molecule has 0 saturated heterocycles. The fourth-order valence-corrected chi connectivity index (χ4v) is 1.51. The van der Waals surface area contributed by atoms with Crippen molar-refractivity contribution in [1.82, 2.24) is 5.43 Å². The normalized spacial score (nSPS) is 35.2. The number of nitrogens with two attached hydrogens (primary N) is 1. The molecule has 0 radical (unpaired) electrons. The first-order chi connectivity index (χ1) is 4.44. The molecule has 0 aromatic heterocycles. The Morgan fingerprint density at radius 2 is 2.10 bits per heavy atom. The molecule has 0 bridgehead atoms. The number of halogens is 2. The molecule has 0 aromatic carbocycles.